The second-order valence-electron chi connectivity index (χ2n) is 7.84. The van der Waals surface area contributed by atoms with Crippen LogP contribution in [-0.4, -0.2) is 38.0 Å². The highest BCUT2D eigenvalue weighted by molar-refractivity contribution is 7.99. The number of benzene rings is 1. The van der Waals surface area contributed by atoms with Crippen LogP contribution >= 0.6 is 11.8 Å². The highest BCUT2D eigenvalue weighted by atomic mass is 32.2. The van der Waals surface area contributed by atoms with Gasteiger partial charge >= 0.3 is 0 Å². The van der Waals surface area contributed by atoms with E-state index in [-0.39, 0.29) is 5.91 Å². The predicted molar refractivity (Wildman–Crippen MR) is 127 cm³/mol. The molecule has 0 fully saturated rings. The smallest absolute Gasteiger partial charge is 0.230 e. The van der Waals surface area contributed by atoms with Crippen molar-refractivity contribution >= 4 is 17.7 Å². The molecule has 0 saturated carbocycles. The van der Waals surface area contributed by atoms with Gasteiger partial charge in [0.15, 0.2) is 11.0 Å². The van der Waals surface area contributed by atoms with Crippen molar-refractivity contribution in [3.8, 4) is 17.1 Å². The number of aryl methyl sites for hydroxylation is 2. The molecule has 3 aromatic rings. The number of amides is 1. The third-order valence-corrected chi connectivity index (χ3v) is 6.05. The van der Waals surface area contributed by atoms with Crippen LogP contribution < -0.4 is 5.32 Å². The maximum Gasteiger partial charge on any atom is 0.230 e. The molecular formula is C24H31N5OS. The molecule has 0 radical (unpaired) electrons. The fourth-order valence-corrected chi connectivity index (χ4v) is 4.20. The second-order valence-corrected chi connectivity index (χ2v) is 8.78. The maximum atomic E-state index is 12.4. The predicted octanol–water partition coefficient (Wildman–Crippen LogP) is 4.71. The van der Waals surface area contributed by atoms with E-state index < -0.39 is 0 Å². The summed E-state index contributed by atoms with van der Waals surface area (Å²) in [6, 6.07) is 10.3. The van der Waals surface area contributed by atoms with Crippen molar-refractivity contribution in [2.75, 3.05) is 12.3 Å². The lowest BCUT2D eigenvalue weighted by atomic mass is 10.0. The molecule has 31 heavy (non-hydrogen) atoms. The number of pyridine rings is 1. The lowest BCUT2D eigenvalue weighted by Crippen LogP contribution is -2.27. The van der Waals surface area contributed by atoms with Crippen LogP contribution in [0.5, 0.6) is 0 Å². The van der Waals surface area contributed by atoms with Crippen molar-refractivity contribution in [2.24, 2.45) is 5.92 Å². The number of nitrogens with one attached hydrogen (secondary N) is 1. The Labute approximate surface area is 188 Å². The van der Waals surface area contributed by atoms with Crippen LogP contribution in [0.2, 0.25) is 0 Å². The summed E-state index contributed by atoms with van der Waals surface area (Å²) in [5, 5.41) is 12.7. The molecule has 0 spiro atoms. The van der Waals surface area contributed by atoms with Crippen molar-refractivity contribution < 1.29 is 4.79 Å². The molecule has 0 saturated heterocycles. The molecule has 0 atom stereocenters. The molecule has 0 aliphatic rings. The van der Waals surface area contributed by atoms with Crippen molar-refractivity contribution in [3.05, 3.63) is 53.9 Å². The van der Waals surface area contributed by atoms with E-state index in [1.165, 1.54) is 22.9 Å². The van der Waals surface area contributed by atoms with Gasteiger partial charge in [-0.05, 0) is 48.4 Å². The summed E-state index contributed by atoms with van der Waals surface area (Å²) < 4.78 is 2.10. The fraction of sp³-hybridized carbons (Fsp3) is 0.417. The molecule has 0 aliphatic carbocycles. The standard InChI is InChI=1S/C24H31N5OS/c1-5-18-9-7-10-19(6-2)22(18)29-23(20-11-8-13-25-15-20)27-28-24(29)31-16-21(30)26-14-12-17(3)4/h7-11,13,15,17H,5-6,12,14,16H2,1-4H3,(H,26,30). The highest BCUT2D eigenvalue weighted by Gasteiger charge is 2.21. The number of thioether (sulfide) groups is 1. The fourth-order valence-electron chi connectivity index (χ4n) is 3.43. The van der Waals surface area contributed by atoms with Crippen molar-refractivity contribution in [2.45, 2.75) is 52.1 Å². The van der Waals surface area contributed by atoms with Gasteiger partial charge in [-0.2, -0.15) is 0 Å². The molecule has 1 amide bonds. The molecule has 1 aromatic carbocycles. The zero-order valence-electron chi connectivity index (χ0n) is 18.8. The quantitative estimate of drug-likeness (QED) is 0.465. The van der Waals surface area contributed by atoms with Crippen LogP contribution in [0, 0.1) is 5.92 Å². The van der Waals surface area contributed by atoms with E-state index in [9.17, 15) is 4.79 Å². The number of hydrogen-bond acceptors (Lipinski definition) is 5. The van der Waals surface area contributed by atoms with Gasteiger partial charge in [-0.3, -0.25) is 14.3 Å². The Morgan fingerprint density at radius 1 is 1.10 bits per heavy atom. The summed E-state index contributed by atoms with van der Waals surface area (Å²) in [7, 11) is 0. The van der Waals surface area contributed by atoms with Crippen LogP contribution in [0.15, 0.2) is 47.9 Å². The number of carbonyl (C=O) groups is 1. The van der Waals surface area contributed by atoms with Crippen LogP contribution in [-0.2, 0) is 17.6 Å². The molecule has 1 N–H and O–H groups in total. The first-order valence-corrected chi connectivity index (χ1v) is 11.9. The summed E-state index contributed by atoms with van der Waals surface area (Å²) in [5.74, 6) is 1.63. The molecule has 6 nitrogen and oxygen atoms in total. The zero-order chi connectivity index (χ0) is 22.2. The van der Waals surface area contributed by atoms with Crippen molar-refractivity contribution in [1.82, 2.24) is 25.1 Å². The number of nitrogens with zero attached hydrogens (tertiary/aromatic N) is 4. The summed E-state index contributed by atoms with van der Waals surface area (Å²) in [6.07, 6.45) is 6.31. The molecule has 3 rings (SSSR count). The Morgan fingerprint density at radius 3 is 2.45 bits per heavy atom. The largest absolute Gasteiger partial charge is 0.355 e. The number of rotatable bonds is 10. The normalized spacial score (nSPS) is 11.1. The Balaban J connectivity index is 1.97. The average Bonchev–Trinajstić information content (AvgIpc) is 3.20. The van der Waals surface area contributed by atoms with Gasteiger partial charge in [-0.15, -0.1) is 10.2 Å². The number of hydrogen-bond donors (Lipinski definition) is 1. The second kappa shape index (κ2) is 11.1. The summed E-state index contributed by atoms with van der Waals surface area (Å²) >= 11 is 1.42. The number of para-hydroxylation sites is 1. The first-order valence-electron chi connectivity index (χ1n) is 10.9. The molecule has 2 aromatic heterocycles. The topological polar surface area (TPSA) is 72.7 Å². The molecule has 7 heteroatoms. The third-order valence-electron chi connectivity index (χ3n) is 5.12. The van der Waals surface area contributed by atoms with Gasteiger partial charge in [0.2, 0.25) is 5.91 Å². The van der Waals surface area contributed by atoms with Gasteiger partial charge in [-0.25, -0.2) is 0 Å². The lowest BCUT2D eigenvalue weighted by Gasteiger charge is -2.18. The Morgan fingerprint density at radius 2 is 1.84 bits per heavy atom. The Bertz CT molecular complexity index is 978. The number of carbonyl (C=O) groups excluding carboxylic acids is 1. The van der Waals surface area contributed by atoms with Gasteiger partial charge in [0, 0.05) is 24.5 Å². The molecule has 164 valence electrons. The molecule has 2 heterocycles. The number of aromatic nitrogens is 4. The summed E-state index contributed by atoms with van der Waals surface area (Å²) in [6.45, 7) is 9.31. The van der Waals surface area contributed by atoms with E-state index in [0.29, 0.717) is 23.4 Å². The minimum absolute atomic E-state index is 0.0163. The monoisotopic (exact) mass is 437 g/mol. The average molecular weight is 438 g/mol. The first-order chi connectivity index (χ1) is 15.0. The molecule has 0 bridgehead atoms. The van der Waals surface area contributed by atoms with Gasteiger partial charge in [0.1, 0.15) is 0 Å². The van der Waals surface area contributed by atoms with Gasteiger partial charge in [-0.1, -0.05) is 57.7 Å². The van der Waals surface area contributed by atoms with Crippen LogP contribution in [0.25, 0.3) is 17.1 Å². The minimum atomic E-state index is 0.0163. The Hall–Kier alpha value is -2.67. The van der Waals surface area contributed by atoms with E-state index in [0.717, 1.165) is 36.3 Å². The van der Waals surface area contributed by atoms with Gasteiger partial charge in [0.05, 0.1) is 11.4 Å². The zero-order valence-corrected chi connectivity index (χ0v) is 19.6. The van der Waals surface area contributed by atoms with E-state index in [1.807, 2.05) is 12.1 Å². The molecule has 0 unspecified atom stereocenters. The molecular weight excluding hydrogens is 406 g/mol. The lowest BCUT2D eigenvalue weighted by molar-refractivity contribution is -0.118. The van der Waals surface area contributed by atoms with E-state index in [4.69, 9.17) is 0 Å². The van der Waals surface area contributed by atoms with Gasteiger partial charge < -0.3 is 5.32 Å². The summed E-state index contributed by atoms with van der Waals surface area (Å²) in [4.78, 5) is 16.6. The first kappa shape index (κ1) is 23.0. The van der Waals surface area contributed by atoms with Crippen LogP contribution in [0.3, 0.4) is 0 Å². The van der Waals surface area contributed by atoms with Gasteiger partial charge in [0.25, 0.3) is 0 Å². The van der Waals surface area contributed by atoms with Crippen LogP contribution in [0.4, 0.5) is 0 Å². The van der Waals surface area contributed by atoms with Crippen molar-refractivity contribution in [3.63, 3.8) is 0 Å². The Kier molecular flexibility index (Phi) is 8.23. The summed E-state index contributed by atoms with van der Waals surface area (Å²) in [5.41, 5.74) is 4.47. The molecule has 0 aliphatic heterocycles. The van der Waals surface area contributed by atoms with E-state index in [2.05, 4.69) is 71.0 Å². The van der Waals surface area contributed by atoms with E-state index in [1.54, 1.807) is 12.4 Å². The maximum absolute atomic E-state index is 12.4. The SMILES string of the molecule is CCc1cccc(CC)c1-n1c(SCC(=O)NCCC(C)C)nnc1-c1cccnc1. The van der Waals surface area contributed by atoms with Crippen LogP contribution in [0.1, 0.15) is 45.2 Å². The third kappa shape index (κ3) is 5.73. The van der Waals surface area contributed by atoms with Crippen molar-refractivity contribution in [1.29, 1.82) is 0 Å². The highest BCUT2D eigenvalue weighted by Crippen LogP contribution is 2.32. The van der Waals surface area contributed by atoms with E-state index >= 15 is 0 Å². The minimum Gasteiger partial charge on any atom is -0.355 e.